The van der Waals surface area contributed by atoms with Crippen LogP contribution in [-0.2, 0) is 12.0 Å². The number of nitrogens with zero attached hydrogens (tertiary/aromatic N) is 5. The van der Waals surface area contributed by atoms with Crippen LogP contribution in [0.5, 0.6) is 0 Å². The molecule has 0 bridgehead atoms. The molecule has 0 saturated heterocycles. The van der Waals surface area contributed by atoms with Crippen molar-refractivity contribution in [1.29, 1.82) is 0 Å². The average Bonchev–Trinajstić information content (AvgIpc) is 3.43. The van der Waals surface area contributed by atoms with Gasteiger partial charge in [0.25, 0.3) is 11.8 Å². The van der Waals surface area contributed by atoms with E-state index in [2.05, 4.69) is 25.4 Å². The summed E-state index contributed by atoms with van der Waals surface area (Å²) in [6, 6.07) is 9.84. The van der Waals surface area contributed by atoms with Crippen molar-refractivity contribution in [2.45, 2.75) is 32.7 Å². The van der Waals surface area contributed by atoms with Gasteiger partial charge >= 0.3 is 0 Å². The summed E-state index contributed by atoms with van der Waals surface area (Å²) in [6.07, 6.45) is 4.65. The molecule has 158 valence electrons. The molecule has 1 amide bonds. The van der Waals surface area contributed by atoms with Crippen LogP contribution in [-0.4, -0.2) is 30.6 Å². The van der Waals surface area contributed by atoms with Crippen LogP contribution in [0.15, 0.2) is 59.6 Å². The van der Waals surface area contributed by atoms with Gasteiger partial charge in [-0.3, -0.25) is 9.36 Å². The third kappa shape index (κ3) is 4.35. The van der Waals surface area contributed by atoms with E-state index in [0.29, 0.717) is 28.7 Å². The number of nitrogens with one attached hydrogen (secondary N) is 1. The second-order valence-corrected chi connectivity index (χ2v) is 7.99. The molecule has 0 aliphatic rings. The highest BCUT2D eigenvalue weighted by atomic mass is 19.1. The Morgan fingerprint density at radius 3 is 2.71 bits per heavy atom. The zero-order chi connectivity index (χ0) is 22.0. The molecule has 1 N–H and O–H groups in total. The molecule has 31 heavy (non-hydrogen) atoms. The summed E-state index contributed by atoms with van der Waals surface area (Å²) in [5.41, 5.74) is 0.922. The molecule has 0 atom stereocenters. The molecule has 4 aromatic rings. The SMILES string of the molecule is CC(C)(C)c1noc(-c2cccnc2-n2cnc(C(=O)NCc3ccccc3F)c2)n1. The van der Waals surface area contributed by atoms with Crippen LogP contribution in [0.2, 0.25) is 0 Å². The predicted octanol–water partition coefficient (Wildman–Crippen LogP) is 3.68. The highest BCUT2D eigenvalue weighted by molar-refractivity contribution is 5.92. The van der Waals surface area contributed by atoms with Crippen molar-refractivity contribution >= 4 is 5.91 Å². The van der Waals surface area contributed by atoms with E-state index in [1.165, 1.54) is 12.4 Å². The lowest BCUT2D eigenvalue weighted by Crippen LogP contribution is -2.23. The van der Waals surface area contributed by atoms with E-state index in [9.17, 15) is 9.18 Å². The van der Waals surface area contributed by atoms with Crippen molar-refractivity contribution < 1.29 is 13.7 Å². The van der Waals surface area contributed by atoms with Crippen LogP contribution in [0.25, 0.3) is 17.3 Å². The van der Waals surface area contributed by atoms with Gasteiger partial charge < -0.3 is 9.84 Å². The molecule has 0 radical (unpaired) electrons. The third-order valence-corrected chi connectivity index (χ3v) is 4.57. The zero-order valence-electron chi connectivity index (χ0n) is 17.3. The van der Waals surface area contributed by atoms with Crippen LogP contribution < -0.4 is 5.32 Å². The summed E-state index contributed by atoms with van der Waals surface area (Å²) in [4.78, 5) is 25.5. The van der Waals surface area contributed by atoms with Gasteiger partial charge in [-0.2, -0.15) is 4.98 Å². The largest absolute Gasteiger partial charge is 0.346 e. The Balaban J connectivity index is 1.56. The highest BCUT2D eigenvalue weighted by Gasteiger charge is 2.23. The maximum absolute atomic E-state index is 13.7. The summed E-state index contributed by atoms with van der Waals surface area (Å²) in [7, 11) is 0. The van der Waals surface area contributed by atoms with Crippen LogP contribution in [0.3, 0.4) is 0 Å². The number of aromatic nitrogens is 5. The minimum atomic E-state index is -0.424. The van der Waals surface area contributed by atoms with E-state index < -0.39 is 5.91 Å². The van der Waals surface area contributed by atoms with Crippen molar-refractivity contribution in [3.05, 3.63) is 78.0 Å². The number of halogens is 1. The normalized spacial score (nSPS) is 11.5. The maximum Gasteiger partial charge on any atom is 0.271 e. The Morgan fingerprint density at radius 1 is 1.16 bits per heavy atom. The van der Waals surface area contributed by atoms with Crippen molar-refractivity contribution in [2.75, 3.05) is 0 Å². The maximum atomic E-state index is 13.7. The van der Waals surface area contributed by atoms with Crippen molar-refractivity contribution in [3.63, 3.8) is 0 Å². The van der Waals surface area contributed by atoms with Gasteiger partial charge in [-0.25, -0.2) is 14.4 Å². The monoisotopic (exact) mass is 420 g/mol. The Hall–Kier alpha value is -3.88. The summed E-state index contributed by atoms with van der Waals surface area (Å²) < 4.78 is 20.8. The average molecular weight is 420 g/mol. The van der Waals surface area contributed by atoms with E-state index in [4.69, 9.17) is 4.52 Å². The molecule has 8 nitrogen and oxygen atoms in total. The topological polar surface area (TPSA) is 98.7 Å². The van der Waals surface area contributed by atoms with Crippen molar-refractivity contribution in [3.8, 4) is 17.3 Å². The lowest BCUT2D eigenvalue weighted by atomic mass is 9.96. The molecule has 0 unspecified atom stereocenters. The van der Waals surface area contributed by atoms with Gasteiger partial charge in [0.15, 0.2) is 11.6 Å². The van der Waals surface area contributed by atoms with E-state index in [1.807, 2.05) is 20.8 Å². The van der Waals surface area contributed by atoms with Crippen LogP contribution in [0, 0.1) is 5.82 Å². The third-order valence-electron chi connectivity index (χ3n) is 4.57. The molecule has 4 rings (SSSR count). The van der Waals surface area contributed by atoms with Crippen molar-refractivity contribution in [1.82, 2.24) is 30.0 Å². The molecular formula is C22H21FN6O2. The van der Waals surface area contributed by atoms with Crippen LogP contribution in [0.4, 0.5) is 4.39 Å². The summed E-state index contributed by atoms with van der Waals surface area (Å²) >= 11 is 0. The number of amides is 1. The smallest absolute Gasteiger partial charge is 0.271 e. The number of rotatable bonds is 5. The fraction of sp³-hybridized carbons (Fsp3) is 0.227. The molecule has 1 aromatic carbocycles. The molecule has 9 heteroatoms. The Morgan fingerprint density at radius 2 is 1.97 bits per heavy atom. The van der Waals surface area contributed by atoms with E-state index in [-0.39, 0.29) is 23.5 Å². The van der Waals surface area contributed by atoms with E-state index in [1.54, 1.807) is 47.3 Å². The number of hydrogen-bond donors (Lipinski definition) is 1. The predicted molar refractivity (Wildman–Crippen MR) is 111 cm³/mol. The zero-order valence-corrected chi connectivity index (χ0v) is 17.3. The molecular weight excluding hydrogens is 399 g/mol. The number of pyridine rings is 1. The number of carbonyl (C=O) groups excluding carboxylic acids is 1. The Bertz CT molecular complexity index is 1220. The van der Waals surface area contributed by atoms with Crippen molar-refractivity contribution in [2.24, 2.45) is 0 Å². The number of carbonyl (C=O) groups is 1. The molecule has 0 saturated carbocycles. The minimum Gasteiger partial charge on any atom is -0.346 e. The van der Waals surface area contributed by atoms with Gasteiger partial charge in [-0.1, -0.05) is 44.1 Å². The summed E-state index contributed by atoms with van der Waals surface area (Å²) in [5, 5.41) is 6.73. The van der Waals surface area contributed by atoms with E-state index >= 15 is 0 Å². The second-order valence-electron chi connectivity index (χ2n) is 7.99. The first-order chi connectivity index (χ1) is 14.8. The van der Waals surface area contributed by atoms with Gasteiger partial charge in [-0.15, -0.1) is 0 Å². The van der Waals surface area contributed by atoms with Gasteiger partial charge in [0.1, 0.15) is 17.8 Å². The molecule has 0 spiro atoms. The minimum absolute atomic E-state index is 0.0603. The van der Waals surface area contributed by atoms with Crippen LogP contribution >= 0.6 is 0 Å². The Labute approximate surface area is 178 Å². The van der Waals surface area contributed by atoms with Gasteiger partial charge in [0, 0.05) is 29.9 Å². The van der Waals surface area contributed by atoms with E-state index in [0.717, 1.165) is 0 Å². The first kappa shape index (κ1) is 20.4. The molecule has 3 aromatic heterocycles. The number of imidazole rings is 1. The second kappa shape index (κ2) is 8.10. The lowest BCUT2D eigenvalue weighted by molar-refractivity contribution is 0.0946. The fourth-order valence-electron chi connectivity index (χ4n) is 2.87. The number of hydrogen-bond acceptors (Lipinski definition) is 6. The summed E-state index contributed by atoms with van der Waals surface area (Å²) in [5.74, 6) is 0.601. The molecule has 3 heterocycles. The van der Waals surface area contributed by atoms with Crippen LogP contribution in [0.1, 0.15) is 42.6 Å². The molecule has 0 aliphatic carbocycles. The molecule has 0 aliphatic heterocycles. The highest BCUT2D eigenvalue weighted by Crippen LogP contribution is 2.27. The molecule has 0 fully saturated rings. The number of benzene rings is 1. The first-order valence-electron chi connectivity index (χ1n) is 9.68. The fourth-order valence-corrected chi connectivity index (χ4v) is 2.87. The van der Waals surface area contributed by atoms with Gasteiger partial charge in [-0.05, 0) is 18.2 Å². The first-order valence-corrected chi connectivity index (χ1v) is 9.68. The van der Waals surface area contributed by atoms with Gasteiger partial charge in [0.2, 0.25) is 0 Å². The lowest BCUT2D eigenvalue weighted by Gasteiger charge is -2.11. The summed E-state index contributed by atoms with van der Waals surface area (Å²) in [6.45, 7) is 6.04. The Kier molecular flexibility index (Phi) is 5.33. The standard InChI is InChI=1S/C22H21FN6O2/c1-22(2,3)21-27-20(31-28-21)15-8-6-10-24-18(15)29-12-17(26-13-29)19(30)25-11-14-7-4-5-9-16(14)23/h4-10,12-13H,11H2,1-3H3,(H,25,30). The van der Waals surface area contributed by atoms with Gasteiger partial charge in [0.05, 0.1) is 5.56 Å². The quantitative estimate of drug-likeness (QED) is 0.529.